The molecule has 4 heterocycles. The lowest BCUT2D eigenvalue weighted by atomic mass is 10.0. The standard InChI is InChI=1S/C34H28F2N6O4/c35-24-4-7-26(8-5-24)42-13-1-2-27(34(42)44)33(43)40-25-6-9-30(28(36)19-25)46-31-18-23(21-38-29(31)11-12-37)22-3-10-32(39-20-22)41-14-16-45-17-15-41/h1-13,18-21,37-38H,14-17H2,(H,40,43)/p+1/b29-11-,37-12?. The van der Waals surface area contributed by atoms with E-state index in [0.29, 0.717) is 30.4 Å². The Balaban J connectivity index is 1.18. The van der Waals surface area contributed by atoms with Crippen molar-refractivity contribution < 1.29 is 28.5 Å². The summed E-state index contributed by atoms with van der Waals surface area (Å²) < 4.78 is 41.2. The van der Waals surface area contributed by atoms with Gasteiger partial charge in [0.2, 0.25) is 0 Å². The quantitative estimate of drug-likeness (QED) is 0.258. The van der Waals surface area contributed by atoms with Crippen LogP contribution >= 0.6 is 0 Å². The van der Waals surface area contributed by atoms with E-state index < -0.39 is 23.1 Å². The molecule has 0 saturated carbocycles. The highest BCUT2D eigenvalue weighted by Gasteiger charge is 2.19. The van der Waals surface area contributed by atoms with Gasteiger partial charge in [-0.2, -0.15) is 0 Å². The molecule has 2 aliphatic rings. The summed E-state index contributed by atoms with van der Waals surface area (Å²) in [6, 6.07) is 16.0. The highest BCUT2D eigenvalue weighted by atomic mass is 19.1. The molecule has 12 heteroatoms. The van der Waals surface area contributed by atoms with Gasteiger partial charge < -0.3 is 25.0 Å². The third-order valence-electron chi connectivity index (χ3n) is 7.32. The van der Waals surface area contributed by atoms with Gasteiger partial charge in [-0.05, 0) is 66.7 Å². The van der Waals surface area contributed by atoms with Crippen LogP contribution in [0.1, 0.15) is 15.9 Å². The van der Waals surface area contributed by atoms with E-state index in [2.05, 4.69) is 20.5 Å². The Morgan fingerprint density at radius 1 is 1.07 bits per heavy atom. The third kappa shape index (κ3) is 6.61. The predicted octanol–water partition coefficient (Wildman–Crippen LogP) is 3.22. The second kappa shape index (κ2) is 13.4. The largest absolute Gasteiger partial charge is 0.452 e. The minimum absolute atomic E-state index is 0.102. The molecule has 4 aromatic rings. The number of dihydropyridines is 1. The van der Waals surface area contributed by atoms with Crippen LogP contribution < -0.4 is 31.2 Å². The molecule has 0 spiro atoms. The molecule has 0 radical (unpaired) electrons. The zero-order valence-corrected chi connectivity index (χ0v) is 24.5. The number of nitrogens with one attached hydrogen (secondary N) is 2. The minimum Gasteiger partial charge on any atom is -0.452 e. The molecule has 2 aromatic carbocycles. The first-order valence-electron chi connectivity index (χ1n) is 14.4. The normalized spacial score (nSPS) is 15.4. The number of halogens is 2. The second-order valence-electron chi connectivity index (χ2n) is 10.3. The van der Waals surface area contributed by atoms with Crippen molar-refractivity contribution >= 4 is 29.2 Å². The Kier molecular flexibility index (Phi) is 8.79. The van der Waals surface area contributed by atoms with Crippen molar-refractivity contribution in [2.75, 3.05) is 36.5 Å². The number of aromatic nitrogens is 2. The molecule has 46 heavy (non-hydrogen) atoms. The number of rotatable bonds is 8. The molecule has 4 N–H and O–H groups in total. The topological polar surface area (TPSA) is 123 Å². The van der Waals surface area contributed by atoms with Gasteiger partial charge in [-0.3, -0.25) is 19.6 Å². The number of amides is 1. The molecule has 1 saturated heterocycles. The van der Waals surface area contributed by atoms with Crippen LogP contribution in [0.4, 0.5) is 20.3 Å². The molecule has 0 aliphatic carbocycles. The van der Waals surface area contributed by atoms with Crippen molar-refractivity contribution in [3.8, 4) is 11.4 Å². The number of allylic oxidation sites excluding steroid dienone is 3. The first-order chi connectivity index (χ1) is 22.4. The van der Waals surface area contributed by atoms with Gasteiger partial charge in [-0.25, -0.2) is 13.8 Å². The van der Waals surface area contributed by atoms with Gasteiger partial charge in [-0.1, -0.05) is 0 Å². The number of hydrogen-bond donors (Lipinski definition) is 3. The number of nitrogens with zero attached hydrogens (tertiary/aromatic N) is 3. The summed E-state index contributed by atoms with van der Waals surface area (Å²) in [7, 11) is 0. The van der Waals surface area contributed by atoms with Crippen LogP contribution in [0.15, 0.2) is 114 Å². The van der Waals surface area contributed by atoms with Crippen molar-refractivity contribution in [2.45, 2.75) is 0 Å². The van der Waals surface area contributed by atoms with Crippen LogP contribution in [0.2, 0.25) is 0 Å². The molecule has 0 bridgehead atoms. The fourth-order valence-electron chi connectivity index (χ4n) is 4.95. The summed E-state index contributed by atoms with van der Waals surface area (Å²) in [6.07, 6.45) is 9.67. The van der Waals surface area contributed by atoms with Crippen LogP contribution in [-0.4, -0.2) is 48.0 Å². The molecular weight excluding hydrogens is 594 g/mol. The van der Waals surface area contributed by atoms with E-state index >= 15 is 4.39 Å². The second-order valence-corrected chi connectivity index (χ2v) is 10.3. The van der Waals surface area contributed by atoms with E-state index in [1.165, 1.54) is 65.5 Å². The lowest BCUT2D eigenvalue weighted by Crippen LogP contribution is -2.36. The average Bonchev–Trinajstić information content (AvgIpc) is 3.08. The van der Waals surface area contributed by atoms with Gasteiger partial charge in [-0.15, -0.1) is 0 Å². The van der Waals surface area contributed by atoms with Gasteiger partial charge in [0.05, 0.1) is 18.9 Å². The van der Waals surface area contributed by atoms with Crippen LogP contribution in [0.5, 0.6) is 5.75 Å². The maximum Gasteiger partial charge on any atom is 0.267 e. The first-order valence-corrected chi connectivity index (χ1v) is 14.4. The summed E-state index contributed by atoms with van der Waals surface area (Å²) in [5.74, 6) is -0.883. The number of carbonyl (C=O) groups is 1. The van der Waals surface area contributed by atoms with E-state index in [1.807, 2.05) is 12.1 Å². The highest BCUT2D eigenvalue weighted by Crippen LogP contribution is 2.29. The molecule has 0 unspecified atom stereocenters. The van der Waals surface area contributed by atoms with Crippen molar-refractivity contribution in [3.63, 3.8) is 0 Å². The number of pyridine rings is 2. The number of hydrogen-bond acceptors (Lipinski definition) is 7. The van der Waals surface area contributed by atoms with Crippen molar-refractivity contribution in [1.29, 1.82) is 0 Å². The molecule has 232 valence electrons. The maximum absolute atomic E-state index is 15.3. The summed E-state index contributed by atoms with van der Waals surface area (Å²) in [5.41, 5.74) is 1.78. The number of ether oxygens (including phenoxy) is 2. The fourth-order valence-corrected chi connectivity index (χ4v) is 4.95. The van der Waals surface area contributed by atoms with Crippen LogP contribution in [0, 0.1) is 11.6 Å². The van der Waals surface area contributed by atoms with Crippen LogP contribution in [0.3, 0.4) is 0 Å². The van der Waals surface area contributed by atoms with Gasteiger partial charge in [0.25, 0.3) is 11.5 Å². The molecule has 2 aromatic heterocycles. The third-order valence-corrected chi connectivity index (χ3v) is 7.32. The Hall–Kier alpha value is -5.88. The van der Waals surface area contributed by atoms with E-state index in [9.17, 15) is 14.0 Å². The lowest BCUT2D eigenvalue weighted by Gasteiger charge is -2.27. The SMILES string of the molecule is [NH2+]=C/C=C1\NC=C(c2ccc(N3CCOCC3)nc2)C=C1Oc1ccc(NC(=O)c2cccn(-c3ccc(F)cc3)c2=O)cc1F. The van der Waals surface area contributed by atoms with Crippen molar-refractivity contribution in [3.05, 3.63) is 142 Å². The van der Waals surface area contributed by atoms with Gasteiger partial charge in [0.15, 0.2) is 23.5 Å². The number of carbonyl (C=O) groups excluding carboxylic acids is 1. The smallest absolute Gasteiger partial charge is 0.267 e. The summed E-state index contributed by atoms with van der Waals surface area (Å²) in [5, 5.41) is 11.3. The highest BCUT2D eigenvalue weighted by molar-refractivity contribution is 6.04. The Morgan fingerprint density at radius 2 is 1.87 bits per heavy atom. The minimum atomic E-state index is -0.751. The van der Waals surface area contributed by atoms with Crippen molar-refractivity contribution in [2.24, 2.45) is 0 Å². The Bertz CT molecular complexity index is 1930. The number of nitrogens with two attached hydrogens (primary N) is 1. The Morgan fingerprint density at radius 3 is 2.59 bits per heavy atom. The van der Waals surface area contributed by atoms with E-state index in [0.717, 1.165) is 36.1 Å². The molecule has 1 amide bonds. The molecule has 6 rings (SSSR count). The zero-order valence-electron chi connectivity index (χ0n) is 24.5. The van der Waals surface area contributed by atoms with E-state index in [-0.39, 0.29) is 17.0 Å². The van der Waals surface area contributed by atoms with E-state index in [1.54, 1.807) is 24.5 Å². The number of benzene rings is 2. The zero-order chi connectivity index (χ0) is 32.0. The maximum atomic E-state index is 15.3. The summed E-state index contributed by atoms with van der Waals surface area (Å²) in [6.45, 7) is 2.86. The predicted molar refractivity (Wildman–Crippen MR) is 170 cm³/mol. The van der Waals surface area contributed by atoms with Crippen LogP contribution in [0.25, 0.3) is 11.3 Å². The van der Waals surface area contributed by atoms with Gasteiger partial charge in [0, 0.05) is 66.3 Å². The fraction of sp³-hybridized carbons (Fsp3) is 0.118. The number of anilines is 2. The summed E-state index contributed by atoms with van der Waals surface area (Å²) >= 11 is 0. The molecular formula is C34H29F2N6O4+. The average molecular weight is 624 g/mol. The van der Waals surface area contributed by atoms with E-state index in [4.69, 9.17) is 14.9 Å². The van der Waals surface area contributed by atoms with Gasteiger partial charge >= 0.3 is 0 Å². The lowest BCUT2D eigenvalue weighted by molar-refractivity contribution is -0.104. The molecule has 10 nitrogen and oxygen atoms in total. The molecule has 0 atom stereocenters. The monoisotopic (exact) mass is 623 g/mol. The van der Waals surface area contributed by atoms with Crippen molar-refractivity contribution in [1.82, 2.24) is 14.9 Å². The first kappa shape index (κ1) is 30.2. The van der Waals surface area contributed by atoms with Gasteiger partial charge in [0.1, 0.15) is 17.2 Å². The van der Waals surface area contributed by atoms with Crippen LogP contribution in [-0.2, 0) is 4.74 Å². The summed E-state index contributed by atoms with van der Waals surface area (Å²) in [4.78, 5) is 32.7. The Labute approximate surface area is 262 Å². The molecule has 2 aliphatic heterocycles. The molecule has 1 fully saturated rings. The number of morpholine rings is 1.